The molecule has 0 fully saturated rings. The van der Waals surface area contributed by atoms with Gasteiger partial charge in [0.1, 0.15) is 0 Å². The molecule has 0 radical (unpaired) electrons. The van der Waals surface area contributed by atoms with Crippen LogP contribution in [0.1, 0.15) is 6.92 Å². The van der Waals surface area contributed by atoms with Crippen LogP contribution in [-0.4, -0.2) is 16.2 Å². The fourth-order valence-corrected chi connectivity index (χ4v) is 0.490. The van der Waals surface area contributed by atoms with Crippen molar-refractivity contribution in [2.45, 2.75) is 10.7 Å². The first-order chi connectivity index (χ1) is 4.98. The van der Waals surface area contributed by atoms with Crippen LogP contribution >= 0.6 is 34.8 Å². The summed E-state index contributed by atoms with van der Waals surface area (Å²) in [7, 11) is 0. The average molecular weight is 217 g/mol. The number of allylic oxidation sites excluding steroid dienone is 1. The maximum atomic E-state index is 10.8. The Bertz CT molecular complexity index is 160. The summed E-state index contributed by atoms with van der Waals surface area (Å²) in [5.41, 5.74) is 0. The normalized spacial score (nSPS) is 12.0. The standard InChI is InChI=1S/C6H7Cl3O2/c1-2-11-4-3-5(10)6(7,8)9/h3-4H,2H2,1H3/b4-3-. The highest BCUT2D eigenvalue weighted by Crippen LogP contribution is 2.27. The second kappa shape index (κ2) is 4.86. The van der Waals surface area contributed by atoms with Crippen molar-refractivity contribution in [3.05, 3.63) is 12.3 Å². The van der Waals surface area contributed by atoms with Crippen LogP contribution in [0.5, 0.6) is 0 Å². The van der Waals surface area contributed by atoms with E-state index in [1.54, 1.807) is 6.92 Å². The predicted octanol–water partition coefficient (Wildman–Crippen LogP) is 2.48. The van der Waals surface area contributed by atoms with Crippen LogP contribution in [0.25, 0.3) is 0 Å². The van der Waals surface area contributed by atoms with Crippen molar-refractivity contribution in [2.24, 2.45) is 0 Å². The molecule has 11 heavy (non-hydrogen) atoms. The molecule has 0 heterocycles. The Kier molecular flexibility index (Phi) is 4.89. The molecule has 0 aliphatic carbocycles. The van der Waals surface area contributed by atoms with Gasteiger partial charge in [0.25, 0.3) is 3.79 Å². The van der Waals surface area contributed by atoms with Gasteiger partial charge in [-0.05, 0) is 6.92 Å². The summed E-state index contributed by atoms with van der Waals surface area (Å²) in [5, 5.41) is 0. The van der Waals surface area contributed by atoms with Crippen LogP contribution in [0, 0.1) is 0 Å². The van der Waals surface area contributed by atoms with Gasteiger partial charge in [0.2, 0.25) is 5.78 Å². The van der Waals surface area contributed by atoms with Crippen LogP contribution in [0.4, 0.5) is 0 Å². The van der Waals surface area contributed by atoms with Crippen LogP contribution in [-0.2, 0) is 9.53 Å². The van der Waals surface area contributed by atoms with Gasteiger partial charge in [0.05, 0.1) is 12.9 Å². The Morgan fingerprint density at radius 1 is 1.55 bits per heavy atom. The van der Waals surface area contributed by atoms with E-state index in [1.165, 1.54) is 6.26 Å². The summed E-state index contributed by atoms with van der Waals surface area (Å²) in [5.74, 6) is -0.615. The van der Waals surface area contributed by atoms with Crippen molar-refractivity contribution in [2.75, 3.05) is 6.61 Å². The number of hydrogen-bond acceptors (Lipinski definition) is 2. The SMILES string of the molecule is CCO/C=C\C(=O)C(Cl)(Cl)Cl. The number of carbonyl (C=O) groups excluding carboxylic acids is 1. The number of ketones is 1. The maximum Gasteiger partial charge on any atom is 0.252 e. The van der Waals surface area contributed by atoms with Crippen LogP contribution < -0.4 is 0 Å². The Morgan fingerprint density at radius 3 is 2.45 bits per heavy atom. The summed E-state index contributed by atoms with van der Waals surface area (Å²) in [6.07, 6.45) is 2.28. The summed E-state index contributed by atoms with van der Waals surface area (Å²) in [6, 6.07) is 0. The Hall–Kier alpha value is 0.0800. The lowest BCUT2D eigenvalue weighted by molar-refractivity contribution is -0.113. The van der Waals surface area contributed by atoms with Gasteiger partial charge < -0.3 is 4.74 Å². The van der Waals surface area contributed by atoms with Crippen LogP contribution in [0.15, 0.2) is 12.3 Å². The number of ether oxygens (including phenoxy) is 1. The summed E-state index contributed by atoms with van der Waals surface area (Å²) in [4.78, 5) is 10.8. The van der Waals surface area contributed by atoms with E-state index in [9.17, 15) is 4.79 Å². The van der Waals surface area contributed by atoms with Gasteiger partial charge in [0.15, 0.2) is 0 Å². The molecule has 0 rings (SSSR count). The monoisotopic (exact) mass is 216 g/mol. The van der Waals surface area contributed by atoms with E-state index in [2.05, 4.69) is 0 Å². The average Bonchev–Trinajstić information content (AvgIpc) is 1.86. The number of alkyl halides is 3. The lowest BCUT2D eigenvalue weighted by atomic mass is 10.4. The molecule has 0 atom stereocenters. The molecule has 0 saturated heterocycles. The van der Waals surface area contributed by atoms with Crippen molar-refractivity contribution in [3.8, 4) is 0 Å². The van der Waals surface area contributed by atoms with Crippen LogP contribution in [0.3, 0.4) is 0 Å². The minimum Gasteiger partial charge on any atom is -0.501 e. The van der Waals surface area contributed by atoms with Crippen molar-refractivity contribution >= 4 is 40.6 Å². The van der Waals surface area contributed by atoms with Gasteiger partial charge in [-0.1, -0.05) is 34.8 Å². The summed E-state index contributed by atoms with van der Waals surface area (Å²) < 4.78 is 2.84. The molecule has 0 saturated carbocycles. The lowest BCUT2D eigenvalue weighted by Gasteiger charge is -2.03. The zero-order valence-electron chi connectivity index (χ0n) is 5.81. The third kappa shape index (κ3) is 5.36. The first-order valence-corrected chi connectivity index (χ1v) is 4.01. The van der Waals surface area contributed by atoms with Crippen molar-refractivity contribution in [3.63, 3.8) is 0 Å². The van der Waals surface area contributed by atoms with Crippen molar-refractivity contribution in [1.82, 2.24) is 0 Å². The molecule has 0 aliphatic rings. The second-order valence-corrected chi connectivity index (χ2v) is 3.90. The van der Waals surface area contributed by atoms with E-state index < -0.39 is 9.58 Å². The van der Waals surface area contributed by atoms with Gasteiger partial charge >= 0.3 is 0 Å². The van der Waals surface area contributed by atoms with E-state index in [4.69, 9.17) is 39.5 Å². The first-order valence-electron chi connectivity index (χ1n) is 2.87. The minimum atomic E-state index is -1.88. The molecule has 0 unspecified atom stereocenters. The Morgan fingerprint density at radius 2 is 2.09 bits per heavy atom. The van der Waals surface area contributed by atoms with E-state index >= 15 is 0 Å². The molecule has 0 N–H and O–H groups in total. The maximum absolute atomic E-state index is 10.8. The van der Waals surface area contributed by atoms with E-state index in [1.807, 2.05) is 0 Å². The molecule has 0 aromatic heterocycles. The van der Waals surface area contributed by atoms with Gasteiger partial charge in [-0.2, -0.15) is 0 Å². The summed E-state index contributed by atoms with van der Waals surface area (Å²) >= 11 is 15.7. The van der Waals surface area contributed by atoms with Gasteiger partial charge in [-0.15, -0.1) is 0 Å². The van der Waals surface area contributed by atoms with E-state index in [-0.39, 0.29) is 0 Å². The number of rotatable bonds is 3. The molecule has 0 aromatic rings. The fraction of sp³-hybridized carbons (Fsp3) is 0.500. The number of carbonyl (C=O) groups is 1. The number of hydrogen-bond donors (Lipinski definition) is 0. The molecule has 0 amide bonds. The van der Waals surface area contributed by atoms with Gasteiger partial charge in [0, 0.05) is 6.08 Å². The molecule has 0 spiro atoms. The second-order valence-electron chi connectivity index (χ2n) is 1.62. The van der Waals surface area contributed by atoms with Crippen molar-refractivity contribution < 1.29 is 9.53 Å². The molecule has 5 heteroatoms. The zero-order valence-corrected chi connectivity index (χ0v) is 8.08. The first kappa shape index (κ1) is 11.1. The molecule has 2 nitrogen and oxygen atoms in total. The Balaban J connectivity index is 3.88. The molecule has 0 aliphatic heterocycles. The predicted molar refractivity (Wildman–Crippen MR) is 46.1 cm³/mol. The third-order valence-corrected chi connectivity index (χ3v) is 1.32. The van der Waals surface area contributed by atoms with E-state index in [0.717, 1.165) is 6.08 Å². The zero-order chi connectivity index (χ0) is 8.91. The fourth-order valence-electron chi connectivity index (χ4n) is 0.301. The summed E-state index contributed by atoms with van der Waals surface area (Å²) in [6.45, 7) is 2.26. The minimum absolute atomic E-state index is 0.476. The number of halogens is 3. The molecule has 64 valence electrons. The topological polar surface area (TPSA) is 26.3 Å². The van der Waals surface area contributed by atoms with Gasteiger partial charge in [-0.25, -0.2) is 0 Å². The smallest absolute Gasteiger partial charge is 0.252 e. The molecular weight excluding hydrogens is 210 g/mol. The molecular formula is C6H7Cl3O2. The molecule has 0 bridgehead atoms. The quantitative estimate of drug-likeness (QED) is 0.412. The van der Waals surface area contributed by atoms with Gasteiger partial charge in [-0.3, -0.25) is 4.79 Å². The highest BCUT2D eigenvalue weighted by Gasteiger charge is 2.27. The highest BCUT2D eigenvalue weighted by atomic mass is 35.6. The third-order valence-electron chi connectivity index (χ3n) is 0.762. The van der Waals surface area contributed by atoms with Crippen LogP contribution in [0.2, 0.25) is 0 Å². The van der Waals surface area contributed by atoms with E-state index in [0.29, 0.717) is 6.61 Å². The highest BCUT2D eigenvalue weighted by molar-refractivity contribution is 6.77. The Labute approximate surface area is 80.1 Å². The lowest BCUT2D eigenvalue weighted by Crippen LogP contribution is -2.15. The molecule has 0 aromatic carbocycles. The van der Waals surface area contributed by atoms with Crippen molar-refractivity contribution in [1.29, 1.82) is 0 Å². The largest absolute Gasteiger partial charge is 0.501 e.